The van der Waals surface area contributed by atoms with E-state index in [0.717, 1.165) is 56.4 Å². The van der Waals surface area contributed by atoms with Crippen LogP contribution in [0.2, 0.25) is 0 Å². The molecule has 0 aliphatic heterocycles. The number of halogens is 4. The van der Waals surface area contributed by atoms with Crippen molar-refractivity contribution in [1.82, 2.24) is 0 Å². The van der Waals surface area contributed by atoms with Crippen molar-refractivity contribution in [1.29, 1.82) is 0 Å². The molecular weight excluding hydrogens is 468 g/mol. The highest BCUT2D eigenvalue weighted by molar-refractivity contribution is 5.76. The molecule has 36 heavy (non-hydrogen) atoms. The lowest BCUT2D eigenvalue weighted by molar-refractivity contribution is -0.140. The van der Waals surface area contributed by atoms with Crippen LogP contribution in [0.5, 0.6) is 5.75 Å². The number of hydrogen-bond acceptors (Lipinski definition) is 2. The first-order valence-corrected chi connectivity index (χ1v) is 12.1. The summed E-state index contributed by atoms with van der Waals surface area (Å²) in [7, 11) is 0. The SMILES string of the molecule is C#Cc1c(F)cc(-c2ccc(-c3ccc(OC(=O)C4CCC(CCC)CC4)cc3F)cc2F)cc1F. The highest BCUT2D eigenvalue weighted by atomic mass is 19.1. The number of terminal acetylenes is 1. The van der Waals surface area contributed by atoms with Gasteiger partial charge in [-0.3, -0.25) is 4.79 Å². The Kier molecular flexibility index (Phi) is 7.79. The summed E-state index contributed by atoms with van der Waals surface area (Å²) in [6.45, 7) is 2.16. The molecule has 6 heteroatoms. The number of esters is 1. The lowest BCUT2D eigenvalue weighted by Crippen LogP contribution is -2.25. The second-order valence-corrected chi connectivity index (χ2v) is 9.22. The minimum Gasteiger partial charge on any atom is -0.426 e. The van der Waals surface area contributed by atoms with Gasteiger partial charge in [-0.15, -0.1) is 6.42 Å². The molecule has 0 aromatic heterocycles. The van der Waals surface area contributed by atoms with Crippen LogP contribution >= 0.6 is 0 Å². The van der Waals surface area contributed by atoms with Crippen LogP contribution in [-0.4, -0.2) is 5.97 Å². The third kappa shape index (κ3) is 5.46. The van der Waals surface area contributed by atoms with Crippen LogP contribution in [0.25, 0.3) is 22.3 Å². The van der Waals surface area contributed by atoms with E-state index in [1.165, 1.54) is 30.7 Å². The largest absolute Gasteiger partial charge is 0.426 e. The second kappa shape index (κ2) is 11.0. The standard InChI is InChI=1S/C30H26F4O2/c1-3-5-18-6-8-19(9-7-18)30(35)36-22-11-13-24(29(34)17-22)20-10-12-25(28(33)14-20)21-15-26(31)23(4-2)27(32)16-21/h2,10-19H,3,5-9H2,1H3. The fraction of sp³-hybridized carbons (Fsp3) is 0.300. The average molecular weight is 495 g/mol. The van der Waals surface area contributed by atoms with Crippen LogP contribution in [-0.2, 0) is 4.79 Å². The Morgan fingerprint density at radius 2 is 1.44 bits per heavy atom. The molecule has 3 aromatic rings. The molecule has 0 spiro atoms. The summed E-state index contributed by atoms with van der Waals surface area (Å²) in [5, 5.41) is 0. The van der Waals surface area contributed by atoms with E-state index in [2.05, 4.69) is 6.92 Å². The van der Waals surface area contributed by atoms with E-state index in [9.17, 15) is 22.4 Å². The van der Waals surface area contributed by atoms with E-state index in [1.54, 1.807) is 0 Å². The molecule has 0 atom stereocenters. The van der Waals surface area contributed by atoms with E-state index in [-0.39, 0.29) is 39.9 Å². The third-order valence-corrected chi connectivity index (χ3v) is 6.81. The summed E-state index contributed by atoms with van der Waals surface area (Å²) in [4.78, 5) is 12.5. The molecule has 0 radical (unpaired) electrons. The van der Waals surface area contributed by atoms with Gasteiger partial charge in [0.2, 0.25) is 0 Å². The Balaban J connectivity index is 1.49. The average Bonchev–Trinajstić information content (AvgIpc) is 2.84. The lowest BCUT2D eigenvalue weighted by Gasteiger charge is -2.26. The molecule has 0 unspecified atom stereocenters. The number of carbonyl (C=O) groups excluding carboxylic acids is 1. The Bertz CT molecular complexity index is 1290. The molecule has 1 saturated carbocycles. The molecule has 2 nitrogen and oxygen atoms in total. The first kappa shape index (κ1) is 25.5. The van der Waals surface area contributed by atoms with Gasteiger partial charge in [0.05, 0.1) is 11.5 Å². The zero-order valence-electron chi connectivity index (χ0n) is 19.9. The molecule has 0 N–H and O–H groups in total. The van der Waals surface area contributed by atoms with E-state index >= 15 is 0 Å². The molecule has 0 bridgehead atoms. The highest BCUT2D eigenvalue weighted by Crippen LogP contribution is 2.34. The number of benzene rings is 3. The minimum absolute atomic E-state index is 0.0282. The molecule has 1 fully saturated rings. The third-order valence-electron chi connectivity index (χ3n) is 6.81. The second-order valence-electron chi connectivity index (χ2n) is 9.22. The fourth-order valence-corrected chi connectivity index (χ4v) is 4.87. The topological polar surface area (TPSA) is 26.3 Å². The Labute approximate surface area is 208 Å². The number of ether oxygens (including phenoxy) is 1. The molecule has 1 aliphatic rings. The van der Waals surface area contributed by atoms with Crippen LogP contribution in [0, 0.1) is 47.4 Å². The van der Waals surface area contributed by atoms with Gasteiger partial charge in [0.25, 0.3) is 0 Å². The number of carbonyl (C=O) groups is 1. The van der Waals surface area contributed by atoms with Gasteiger partial charge < -0.3 is 4.74 Å². The smallest absolute Gasteiger partial charge is 0.314 e. The Morgan fingerprint density at radius 1 is 0.861 bits per heavy atom. The predicted molar refractivity (Wildman–Crippen MR) is 131 cm³/mol. The molecule has 3 aromatic carbocycles. The van der Waals surface area contributed by atoms with E-state index in [4.69, 9.17) is 11.2 Å². The van der Waals surface area contributed by atoms with Crippen LogP contribution in [0.1, 0.15) is 51.0 Å². The zero-order chi connectivity index (χ0) is 25.8. The maximum Gasteiger partial charge on any atom is 0.314 e. The monoisotopic (exact) mass is 494 g/mol. The minimum atomic E-state index is -0.971. The molecule has 1 aliphatic carbocycles. The molecular formula is C30H26F4O2. The summed E-state index contributed by atoms with van der Waals surface area (Å²) >= 11 is 0. The zero-order valence-corrected chi connectivity index (χ0v) is 19.9. The fourth-order valence-electron chi connectivity index (χ4n) is 4.87. The van der Waals surface area contributed by atoms with Crippen molar-refractivity contribution in [3.63, 3.8) is 0 Å². The van der Waals surface area contributed by atoms with Gasteiger partial charge in [0, 0.05) is 17.2 Å². The van der Waals surface area contributed by atoms with Crippen molar-refractivity contribution in [3.05, 3.63) is 77.4 Å². The summed E-state index contributed by atoms with van der Waals surface area (Å²) in [6, 6.07) is 9.73. The maximum absolute atomic E-state index is 14.9. The van der Waals surface area contributed by atoms with Gasteiger partial charge in [0.1, 0.15) is 29.0 Å². The van der Waals surface area contributed by atoms with Gasteiger partial charge in [-0.1, -0.05) is 37.8 Å². The maximum atomic E-state index is 14.9. The Morgan fingerprint density at radius 3 is 2.03 bits per heavy atom. The summed E-state index contributed by atoms with van der Waals surface area (Å²) in [5.74, 6) is -1.29. The number of rotatable bonds is 6. The van der Waals surface area contributed by atoms with Crippen molar-refractivity contribution < 1.29 is 27.1 Å². The van der Waals surface area contributed by atoms with Crippen LogP contribution in [0.4, 0.5) is 17.6 Å². The van der Waals surface area contributed by atoms with Gasteiger partial charge in [-0.05, 0) is 73.1 Å². The normalized spacial score (nSPS) is 17.4. The van der Waals surface area contributed by atoms with Gasteiger partial charge in [-0.2, -0.15) is 0 Å². The molecule has 0 heterocycles. The quantitative estimate of drug-likeness (QED) is 0.150. The van der Waals surface area contributed by atoms with E-state index in [1.807, 2.05) is 5.92 Å². The van der Waals surface area contributed by atoms with E-state index < -0.39 is 28.8 Å². The van der Waals surface area contributed by atoms with Crippen LogP contribution < -0.4 is 4.74 Å². The van der Waals surface area contributed by atoms with Crippen molar-refractivity contribution in [2.24, 2.45) is 11.8 Å². The molecule has 0 amide bonds. The van der Waals surface area contributed by atoms with Crippen molar-refractivity contribution in [2.75, 3.05) is 0 Å². The molecule has 4 rings (SSSR count). The molecule has 0 saturated heterocycles. The number of hydrogen-bond donors (Lipinski definition) is 0. The van der Waals surface area contributed by atoms with E-state index in [0.29, 0.717) is 5.92 Å². The van der Waals surface area contributed by atoms with Gasteiger partial charge in [0.15, 0.2) is 0 Å². The predicted octanol–water partition coefficient (Wildman–Crippen LogP) is 8.07. The van der Waals surface area contributed by atoms with Crippen LogP contribution in [0.3, 0.4) is 0 Å². The van der Waals surface area contributed by atoms with Gasteiger partial charge in [-0.25, -0.2) is 17.6 Å². The van der Waals surface area contributed by atoms with Crippen molar-refractivity contribution >= 4 is 5.97 Å². The first-order valence-electron chi connectivity index (χ1n) is 12.1. The lowest BCUT2D eigenvalue weighted by atomic mass is 9.80. The van der Waals surface area contributed by atoms with Crippen LogP contribution in [0.15, 0.2) is 48.5 Å². The highest BCUT2D eigenvalue weighted by Gasteiger charge is 2.27. The first-order chi connectivity index (χ1) is 17.3. The summed E-state index contributed by atoms with van der Waals surface area (Å²) in [6.07, 6.45) is 10.9. The van der Waals surface area contributed by atoms with Crippen molar-refractivity contribution in [2.45, 2.75) is 45.4 Å². The summed E-state index contributed by atoms with van der Waals surface area (Å²) in [5.41, 5.74) is -0.288. The van der Waals surface area contributed by atoms with Gasteiger partial charge >= 0.3 is 5.97 Å². The molecule has 186 valence electrons. The van der Waals surface area contributed by atoms with Crippen molar-refractivity contribution in [3.8, 4) is 40.3 Å². The summed E-state index contributed by atoms with van der Waals surface area (Å²) < 4.78 is 63.2. The Hall–Kier alpha value is -3.59.